The van der Waals surface area contributed by atoms with Gasteiger partial charge in [0.25, 0.3) is 11.8 Å². The predicted octanol–water partition coefficient (Wildman–Crippen LogP) is 2.48. The van der Waals surface area contributed by atoms with Crippen LogP contribution in [-0.4, -0.2) is 53.4 Å². The van der Waals surface area contributed by atoms with Gasteiger partial charge in [-0.05, 0) is 30.4 Å². The van der Waals surface area contributed by atoms with Crippen molar-refractivity contribution in [2.45, 2.75) is 18.9 Å². The zero-order chi connectivity index (χ0) is 16.7. The molecule has 2 saturated heterocycles. The van der Waals surface area contributed by atoms with Gasteiger partial charge in [-0.1, -0.05) is 18.2 Å². The van der Waals surface area contributed by atoms with E-state index < -0.39 is 6.09 Å². The number of amides is 3. The van der Waals surface area contributed by atoms with Gasteiger partial charge in [-0.3, -0.25) is 9.59 Å². The fourth-order valence-electron chi connectivity index (χ4n) is 3.29. The highest BCUT2D eigenvalue weighted by atomic mass is 32.1. The molecule has 0 saturated carbocycles. The van der Waals surface area contributed by atoms with E-state index in [-0.39, 0.29) is 24.5 Å². The molecule has 0 N–H and O–H groups in total. The zero-order valence-corrected chi connectivity index (χ0v) is 13.8. The highest BCUT2D eigenvalue weighted by Crippen LogP contribution is 2.28. The number of hydrogen-bond acceptors (Lipinski definition) is 5. The Labute approximate surface area is 142 Å². The van der Waals surface area contributed by atoms with E-state index in [4.69, 9.17) is 4.74 Å². The Kier molecular flexibility index (Phi) is 3.72. The van der Waals surface area contributed by atoms with E-state index in [2.05, 4.69) is 0 Å². The average molecular weight is 344 g/mol. The average Bonchev–Trinajstić information content (AvgIpc) is 3.18. The number of fused-ring (bicyclic) bond motifs is 1. The van der Waals surface area contributed by atoms with Crippen molar-refractivity contribution in [2.75, 3.05) is 19.7 Å². The molecule has 0 atom stereocenters. The van der Waals surface area contributed by atoms with Gasteiger partial charge in [0.15, 0.2) is 6.61 Å². The summed E-state index contributed by atoms with van der Waals surface area (Å²) >= 11 is 1.50. The van der Waals surface area contributed by atoms with Crippen molar-refractivity contribution in [3.05, 3.63) is 35.2 Å². The summed E-state index contributed by atoms with van der Waals surface area (Å²) in [6, 6.07) is 9.69. The predicted molar refractivity (Wildman–Crippen MR) is 88.9 cm³/mol. The van der Waals surface area contributed by atoms with Gasteiger partial charge in [0.05, 0.1) is 4.88 Å². The van der Waals surface area contributed by atoms with Crippen LogP contribution in [0.4, 0.5) is 4.79 Å². The molecule has 3 heterocycles. The quantitative estimate of drug-likeness (QED) is 0.839. The van der Waals surface area contributed by atoms with Gasteiger partial charge < -0.3 is 9.64 Å². The Morgan fingerprint density at radius 1 is 1.17 bits per heavy atom. The van der Waals surface area contributed by atoms with Gasteiger partial charge in [-0.25, -0.2) is 9.69 Å². The number of hydrogen-bond donors (Lipinski definition) is 0. The van der Waals surface area contributed by atoms with Gasteiger partial charge >= 0.3 is 6.09 Å². The number of rotatable bonds is 2. The molecule has 1 aromatic carbocycles. The summed E-state index contributed by atoms with van der Waals surface area (Å²) in [6.07, 6.45) is 0.629. The molecular formula is C17H16N2O4S. The van der Waals surface area contributed by atoms with Crippen molar-refractivity contribution in [1.29, 1.82) is 0 Å². The Hall–Kier alpha value is -2.41. The van der Waals surface area contributed by atoms with Crippen molar-refractivity contribution in [2.24, 2.45) is 0 Å². The number of imide groups is 1. The number of carbonyl (C=O) groups is 3. The van der Waals surface area contributed by atoms with Crippen LogP contribution in [-0.2, 0) is 9.53 Å². The molecule has 24 heavy (non-hydrogen) atoms. The zero-order valence-electron chi connectivity index (χ0n) is 12.9. The molecule has 3 amide bonds. The number of cyclic esters (lactones) is 1. The Bertz CT molecular complexity index is 774. The number of thiophene rings is 1. The molecule has 2 aliphatic rings. The molecule has 4 rings (SSSR count). The molecule has 6 nitrogen and oxygen atoms in total. The fourth-order valence-corrected chi connectivity index (χ4v) is 4.32. The van der Waals surface area contributed by atoms with E-state index in [1.54, 1.807) is 4.90 Å². The van der Waals surface area contributed by atoms with Crippen molar-refractivity contribution in [3.8, 4) is 0 Å². The van der Waals surface area contributed by atoms with E-state index in [1.165, 1.54) is 16.2 Å². The summed E-state index contributed by atoms with van der Waals surface area (Å²) in [5.41, 5.74) is 0. The molecule has 0 aliphatic carbocycles. The molecule has 7 heteroatoms. The van der Waals surface area contributed by atoms with Gasteiger partial charge in [0, 0.05) is 23.8 Å². The maximum absolute atomic E-state index is 12.7. The van der Waals surface area contributed by atoms with Crippen LogP contribution in [0.2, 0.25) is 0 Å². The summed E-state index contributed by atoms with van der Waals surface area (Å²) in [5.74, 6) is -0.265. The second kappa shape index (κ2) is 5.90. The van der Waals surface area contributed by atoms with Crippen molar-refractivity contribution in [3.63, 3.8) is 0 Å². The van der Waals surface area contributed by atoms with Crippen LogP contribution in [0.5, 0.6) is 0 Å². The molecule has 1 aromatic heterocycles. The standard InChI is InChI=1S/C17H16N2O4S/c20-15-10-23-17(22)19(15)12-5-7-18(8-6-12)16(21)14-9-11-3-1-2-4-13(11)24-14/h1-4,9,12H,5-8,10H2. The minimum atomic E-state index is -0.561. The third-order valence-corrected chi connectivity index (χ3v) is 5.64. The molecule has 0 unspecified atom stereocenters. The van der Waals surface area contributed by atoms with Gasteiger partial charge in [0.1, 0.15) is 0 Å². The third-order valence-electron chi connectivity index (χ3n) is 4.54. The third kappa shape index (κ3) is 2.54. The molecule has 2 fully saturated rings. The second-order valence-corrected chi connectivity index (χ2v) is 7.07. The van der Waals surface area contributed by atoms with E-state index >= 15 is 0 Å². The Morgan fingerprint density at radius 2 is 1.92 bits per heavy atom. The van der Waals surface area contributed by atoms with Crippen LogP contribution >= 0.6 is 11.3 Å². The molecule has 2 aliphatic heterocycles. The second-order valence-electron chi connectivity index (χ2n) is 5.99. The molecule has 0 spiro atoms. The first-order valence-electron chi connectivity index (χ1n) is 7.90. The van der Waals surface area contributed by atoms with E-state index in [0.717, 1.165) is 15.0 Å². The first kappa shape index (κ1) is 15.1. The van der Waals surface area contributed by atoms with Crippen LogP contribution in [0.3, 0.4) is 0 Å². The Morgan fingerprint density at radius 3 is 2.58 bits per heavy atom. The first-order valence-corrected chi connectivity index (χ1v) is 8.72. The summed E-state index contributed by atoms with van der Waals surface area (Å²) in [5, 5.41) is 1.08. The SMILES string of the molecule is O=C(c1cc2ccccc2s1)N1CCC(N2C(=O)COC2=O)CC1. The van der Waals surface area contributed by atoms with Crippen molar-refractivity contribution in [1.82, 2.24) is 9.80 Å². The maximum Gasteiger partial charge on any atom is 0.417 e. The number of nitrogens with zero attached hydrogens (tertiary/aromatic N) is 2. The number of carbonyl (C=O) groups excluding carboxylic acids is 3. The molecule has 0 radical (unpaired) electrons. The lowest BCUT2D eigenvalue weighted by molar-refractivity contribution is -0.127. The summed E-state index contributed by atoms with van der Waals surface area (Å²) < 4.78 is 5.87. The largest absolute Gasteiger partial charge is 0.439 e. The van der Waals surface area contributed by atoms with Crippen molar-refractivity contribution >= 4 is 39.3 Å². The lowest BCUT2D eigenvalue weighted by atomic mass is 10.0. The van der Waals surface area contributed by atoms with E-state index in [1.807, 2.05) is 30.3 Å². The summed E-state index contributed by atoms with van der Waals surface area (Å²) in [6.45, 7) is 0.906. The summed E-state index contributed by atoms with van der Waals surface area (Å²) in [4.78, 5) is 39.8. The molecule has 2 aromatic rings. The highest BCUT2D eigenvalue weighted by Gasteiger charge is 2.39. The lowest BCUT2D eigenvalue weighted by Crippen LogP contribution is -2.48. The van der Waals surface area contributed by atoms with E-state index in [9.17, 15) is 14.4 Å². The fraction of sp³-hybridized carbons (Fsp3) is 0.353. The topological polar surface area (TPSA) is 66.9 Å². The van der Waals surface area contributed by atoms with Gasteiger partial charge in [-0.15, -0.1) is 11.3 Å². The number of piperidine rings is 1. The monoisotopic (exact) mass is 344 g/mol. The molecule has 0 bridgehead atoms. The first-order chi connectivity index (χ1) is 11.6. The number of ether oxygens (including phenoxy) is 1. The molecule has 124 valence electrons. The number of likely N-dealkylation sites (tertiary alicyclic amines) is 1. The van der Waals surface area contributed by atoms with Gasteiger partial charge in [0.2, 0.25) is 0 Å². The van der Waals surface area contributed by atoms with Crippen LogP contribution in [0.15, 0.2) is 30.3 Å². The normalized spacial score (nSPS) is 19.2. The van der Waals surface area contributed by atoms with Crippen LogP contribution in [0.25, 0.3) is 10.1 Å². The highest BCUT2D eigenvalue weighted by molar-refractivity contribution is 7.20. The van der Waals surface area contributed by atoms with Crippen LogP contribution in [0.1, 0.15) is 22.5 Å². The van der Waals surface area contributed by atoms with Gasteiger partial charge in [-0.2, -0.15) is 0 Å². The number of benzene rings is 1. The van der Waals surface area contributed by atoms with Crippen LogP contribution < -0.4 is 0 Å². The minimum absolute atomic E-state index is 0.0185. The van der Waals surface area contributed by atoms with E-state index in [0.29, 0.717) is 25.9 Å². The maximum atomic E-state index is 12.7. The smallest absolute Gasteiger partial charge is 0.417 e. The van der Waals surface area contributed by atoms with Crippen LogP contribution in [0, 0.1) is 0 Å². The minimum Gasteiger partial charge on any atom is -0.439 e. The molecular weight excluding hydrogens is 328 g/mol. The lowest BCUT2D eigenvalue weighted by Gasteiger charge is -2.34. The van der Waals surface area contributed by atoms with Crippen molar-refractivity contribution < 1.29 is 19.1 Å². The Balaban J connectivity index is 1.44. The summed E-state index contributed by atoms with van der Waals surface area (Å²) in [7, 11) is 0.